The normalized spacial score (nSPS) is 34.6. The molecule has 3 aliphatic rings. The number of carbonyl (C=O) groups excluding carboxylic acids is 1. The van der Waals surface area contributed by atoms with Gasteiger partial charge in [-0.3, -0.25) is 9.59 Å². The summed E-state index contributed by atoms with van der Waals surface area (Å²) in [4.78, 5) is 26.9. The number of aliphatic carboxylic acids is 1. The number of likely N-dealkylation sites (tertiary alicyclic amines) is 1. The van der Waals surface area contributed by atoms with E-state index in [2.05, 4.69) is 13.8 Å². The van der Waals surface area contributed by atoms with Crippen LogP contribution < -0.4 is 0 Å². The van der Waals surface area contributed by atoms with E-state index < -0.39 is 11.9 Å². The molecular formula is C18H27NO3. The van der Waals surface area contributed by atoms with Crippen LogP contribution in [0.15, 0.2) is 11.1 Å². The summed E-state index contributed by atoms with van der Waals surface area (Å²) in [7, 11) is 0. The van der Waals surface area contributed by atoms with Gasteiger partial charge in [-0.1, -0.05) is 24.0 Å². The molecule has 1 saturated heterocycles. The molecule has 0 aromatic carbocycles. The van der Waals surface area contributed by atoms with Gasteiger partial charge in [-0.15, -0.1) is 0 Å². The van der Waals surface area contributed by atoms with Crippen molar-refractivity contribution >= 4 is 11.9 Å². The predicted octanol–water partition coefficient (Wildman–Crippen LogP) is 3.08. The third-order valence-corrected chi connectivity index (χ3v) is 5.91. The van der Waals surface area contributed by atoms with Gasteiger partial charge in [-0.2, -0.15) is 0 Å². The van der Waals surface area contributed by atoms with Gasteiger partial charge in [-0.25, -0.2) is 0 Å². The van der Waals surface area contributed by atoms with Gasteiger partial charge in [0.1, 0.15) is 0 Å². The molecule has 2 bridgehead atoms. The van der Waals surface area contributed by atoms with Crippen molar-refractivity contribution < 1.29 is 14.7 Å². The highest BCUT2D eigenvalue weighted by Crippen LogP contribution is 2.57. The second-order valence-corrected chi connectivity index (χ2v) is 7.37. The molecule has 0 radical (unpaired) electrons. The maximum atomic E-state index is 13.1. The maximum absolute atomic E-state index is 13.1. The van der Waals surface area contributed by atoms with Crippen LogP contribution in [0.2, 0.25) is 0 Å². The summed E-state index contributed by atoms with van der Waals surface area (Å²) in [5.74, 6) is -1.22. The molecule has 1 heterocycles. The Morgan fingerprint density at radius 1 is 0.955 bits per heavy atom. The number of fused-ring (bicyclic) bond motifs is 2. The van der Waals surface area contributed by atoms with Gasteiger partial charge in [0.15, 0.2) is 0 Å². The number of carbonyl (C=O) groups is 2. The van der Waals surface area contributed by atoms with Gasteiger partial charge in [0.25, 0.3) is 0 Å². The van der Waals surface area contributed by atoms with Crippen LogP contribution >= 0.6 is 0 Å². The van der Waals surface area contributed by atoms with Crippen LogP contribution in [0.3, 0.4) is 0 Å². The highest BCUT2D eigenvalue weighted by molar-refractivity contribution is 5.87. The molecule has 0 aromatic rings. The lowest BCUT2D eigenvalue weighted by molar-refractivity contribution is -0.152. The predicted molar refractivity (Wildman–Crippen MR) is 84.3 cm³/mol. The molecule has 1 amide bonds. The summed E-state index contributed by atoms with van der Waals surface area (Å²) in [6, 6.07) is 0. The highest BCUT2D eigenvalue weighted by atomic mass is 16.4. The van der Waals surface area contributed by atoms with Crippen molar-refractivity contribution in [3.63, 3.8) is 0 Å². The molecule has 4 atom stereocenters. The van der Waals surface area contributed by atoms with Crippen LogP contribution in [-0.4, -0.2) is 35.0 Å². The third-order valence-electron chi connectivity index (χ3n) is 5.91. The molecule has 1 aliphatic heterocycles. The Kier molecular flexibility index (Phi) is 4.28. The number of hydrogen-bond acceptors (Lipinski definition) is 2. The Morgan fingerprint density at radius 2 is 1.50 bits per heavy atom. The van der Waals surface area contributed by atoms with Crippen LogP contribution in [0, 0.1) is 23.7 Å². The standard InChI is InChI=1S/C18H27NO3/c1-11(2)14-12-7-8-13(14)16(18(21)22)15(12)17(20)19-9-5-3-4-6-10-19/h12-13,15-16H,3-10H2,1-2H3,(H,21,22)/t12-,13+,15+,16-/m0/s1. The van der Waals surface area contributed by atoms with E-state index in [-0.39, 0.29) is 23.7 Å². The van der Waals surface area contributed by atoms with Crippen molar-refractivity contribution in [2.24, 2.45) is 23.7 Å². The van der Waals surface area contributed by atoms with Crippen molar-refractivity contribution in [1.82, 2.24) is 4.90 Å². The van der Waals surface area contributed by atoms with E-state index in [0.29, 0.717) is 0 Å². The zero-order chi connectivity index (χ0) is 15.9. The first-order chi connectivity index (χ1) is 10.5. The number of rotatable bonds is 2. The number of nitrogens with zero attached hydrogens (tertiary/aromatic N) is 1. The van der Waals surface area contributed by atoms with E-state index in [1.165, 1.54) is 24.0 Å². The van der Waals surface area contributed by atoms with Gasteiger partial charge in [0.05, 0.1) is 11.8 Å². The van der Waals surface area contributed by atoms with Crippen LogP contribution in [0.4, 0.5) is 0 Å². The molecule has 0 aromatic heterocycles. The molecule has 4 heteroatoms. The minimum atomic E-state index is -0.779. The van der Waals surface area contributed by atoms with Gasteiger partial charge >= 0.3 is 5.97 Å². The summed E-state index contributed by atoms with van der Waals surface area (Å²) in [5.41, 5.74) is 2.51. The van der Waals surface area contributed by atoms with Crippen molar-refractivity contribution in [3.05, 3.63) is 11.1 Å². The number of allylic oxidation sites excluding steroid dienone is 2. The fourth-order valence-corrected chi connectivity index (χ4v) is 5.09. The Labute approximate surface area is 132 Å². The highest BCUT2D eigenvalue weighted by Gasteiger charge is 2.57. The van der Waals surface area contributed by atoms with E-state index in [1.54, 1.807) is 0 Å². The molecule has 22 heavy (non-hydrogen) atoms. The Hall–Kier alpha value is -1.32. The van der Waals surface area contributed by atoms with E-state index in [0.717, 1.165) is 38.8 Å². The second-order valence-electron chi connectivity index (χ2n) is 7.37. The monoisotopic (exact) mass is 305 g/mol. The van der Waals surface area contributed by atoms with Crippen molar-refractivity contribution in [1.29, 1.82) is 0 Å². The number of amides is 1. The van der Waals surface area contributed by atoms with E-state index in [4.69, 9.17) is 0 Å². The SMILES string of the molecule is CC(C)=C1[C@H]2CC[C@@H]1[C@@H](C(=O)N1CCCCCC1)[C@H]2C(=O)O. The topological polar surface area (TPSA) is 57.6 Å². The van der Waals surface area contributed by atoms with Crippen molar-refractivity contribution in [2.75, 3.05) is 13.1 Å². The lowest BCUT2D eigenvalue weighted by Gasteiger charge is -2.31. The third kappa shape index (κ3) is 2.46. The van der Waals surface area contributed by atoms with E-state index >= 15 is 0 Å². The van der Waals surface area contributed by atoms with Crippen LogP contribution in [0.5, 0.6) is 0 Å². The fraction of sp³-hybridized carbons (Fsp3) is 0.778. The molecule has 0 unspecified atom stereocenters. The molecule has 1 N–H and O–H groups in total. The first kappa shape index (κ1) is 15.6. The smallest absolute Gasteiger partial charge is 0.307 e. The maximum Gasteiger partial charge on any atom is 0.307 e. The summed E-state index contributed by atoms with van der Waals surface area (Å²) in [6.45, 7) is 5.75. The average molecular weight is 305 g/mol. The fourth-order valence-electron chi connectivity index (χ4n) is 5.09. The lowest BCUT2D eigenvalue weighted by atomic mass is 9.78. The summed E-state index contributed by atoms with van der Waals surface area (Å²) >= 11 is 0. The minimum absolute atomic E-state index is 0.0911. The van der Waals surface area contributed by atoms with Gasteiger partial charge in [0.2, 0.25) is 5.91 Å². The second kappa shape index (κ2) is 6.05. The number of hydrogen-bond donors (Lipinski definition) is 1. The Bertz CT molecular complexity index is 498. The summed E-state index contributed by atoms with van der Waals surface area (Å²) in [5, 5.41) is 9.71. The molecular weight excluding hydrogens is 278 g/mol. The van der Waals surface area contributed by atoms with Crippen molar-refractivity contribution in [3.8, 4) is 0 Å². The number of carboxylic acid groups (broad SMARTS) is 1. The minimum Gasteiger partial charge on any atom is -0.481 e. The van der Waals surface area contributed by atoms with E-state index in [9.17, 15) is 14.7 Å². The molecule has 2 saturated carbocycles. The van der Waals surface area contributed by atoms with Gasteiger partial charge in [0, 0.05) is 13.1 Å². The molecule has 2 aliphatic carbocycles. The molecule has 4 nitrogen and oxygen atoms in total. The van der Waals surface area contributed by atoms with Crippen molar-refractivity contribution in [2.45, 2.75) is 52.4 Å². The first-order valence-electron chi connectivity index (χ1n) is 8.71. The van der Waals surface area contributed by atoms with Crippen LogP contribution in [0.25, 0.3) is 0 Å². The van der Waals surface area contributed by atoms with Crippen LogP contribution in [0.1, 0.15) is 52.4 Å². The molecule has 122 valence electrons. The summed E-state index contributed by atoms with van der Waals surface area (Å²) in [6.07, 6.45) is 6.40. The first-order valence-corrected chi connectivity index (χ1v) is 8.71. The average Bonchev–Trinajstić information content (AvgIpc) is 2.90. The van der Waals surface area contributed by atoms with E-state index in [1.807, 2.05) is 4.90 Å². The molecule has 3 rings (SSSR count). The summed E-state index contributed by atoms with van der Waals surface area (Å²) < 4.78 is 0. The lowest BCUT2D eigenvalue weighted by Crippen LogP contribution is -2.44. The zero-order valence-corrected chi connectivity index (χ0v) is 13.7. The Balaban J connectivity index is 1.89. The van der Waals surface area contributed by atoms with Gasteiger partial charge < -0.3 is 10.0 Å². The quantitative estimate of drug-likeness (QED) is 0.798. The molecule has 0 spiro atoms. The zero-order valence-electron chi connectivity index (χ0n) is 13.7. The van der Waals surface area contributed by atoms with Gasteiger partial charge in [-0.05, 0) is 51.4 Å². The largest absolute Gasteiger partial charge is 0.481 e. The number of carboxylic acids is 1. The molecule has 3 fully saturated rings. The van der Waals surface area contributed by atoms with Crippen LogP contribution in [-0.2, 0) is 9.59 Å². The Morgan fingerprint density at radius 3 is 2.00 bits per heavy atom.